The van der Waals surface area contributed by atoms with Gasteiger partial charge in [0.05, 0.1) is 17.4 Å². The molecule has 4 N–H and O–H groups in total. The van der Waals surface area contributed by atoms with Crippen molar-refractivity contribution in [2.24, 2.45) is 5.73 Å². The van der Waals surface area contributed by atoms with Crippen LogP contribution in [0.1, 0.15) is 12.0 Å². The minimum atomic E-state index is -3.57. The second-order valence-corrected chi connectivity index (χ2v) is 6.39. The topological polar surface area (TPSA) is 111 Å². The molecule has 1 atom stereocenters. The number of anilines is 1. The summed E-state index contributed by atoms with van der Waals surface area (Å²) in [4.78, 5) is 12.0. The average molecular weight is 315 g/mol. The maximum absolute atomic E-state index is 11.9. The monoisotopic (exact) mass is 315 g/mol. The summed E-state index contributed by atoms with van der Waals surface area (Å²) < 4.78 is 31.0. The van der Waals surface area contributed by atoms with Gasteiger partial charge in [0.25, 0.3) is 0 Å². The SMILES string of the molecule is CNS(=O)(=O)c1cc(NC(=O)CC(CN)OC)ccc1C. The van der Waals surface area contributed by atoms with Crippen LogP contribution in [0.25, 0.3) is 0 Å². The Bertz CT molecular complexity index is 597. The summed E-state index contributed by atoms with van der Waals surface area (Å²) in [5, 5.41) is 2.64. The van der Waals surface area contributed by atoms with Gasteiger partial charge in [-0.05, 0) is 31.7 Å². The van der Waals surface area contributed by atoms with Crippen molar-refractivity contribution >= 4 is 21.6 Å². The molecular formula is C13H21N3O4S. The first-order chi connectivity index (χ1) is 9.83. The number of methoxy groups -OCH3 is 1. The molecule has 8 heteroatoms. The number of carbonyl (C=O) groups excluding carboxylic acids is 1. The predicted octanol–water partition coefficient (Wildman–Crippen LogP) is 0.205. The Kier molecular flexibility index (Phi) is 6.28. The molecule has 1 rings (SSSR count). The highest BCUT2D eigenvalue weighted by Gasteiger charge is 2.16. The van der Waals surface area contributed by atoms with Gasteiger partial charge in [0.15, 0.2) is 0 Å². The minimum Gasteiger partial charge on any atom is -0.380 e. The van der Waals surface area contributed by atoms with Gasteiger partial charge >= 0.3 is 0 Å². The molecular weight excluding hydrogens is 294 g/mol. The Balaban J connectivity index is 2.91. The fraction of sp³-hybridized carbons (Fsp3) is 0.462. The molecule has 0 heterocycles. The van der Waals surface area contributed by atoms with Crippen molar-refractivity contribution in [2.75, 3.05) is 26.0 Å². The van der Waals surface area contributed by atoms with E-state index in [9.17, 15) is 13.2 Å². The van der Waals surface area contributed by atoms with E-state index in [2.05, 4.69) is 10.0 Å². The van der Waals surface area contributed by atoms with Crippen LogP contribution in [0.5, 0.6) is 0 Å². The van der Waals surface area contributed by atoms with Crippen molar-refractivity contribution < 1.29 is 17.9 Å². The first kappa shape index (κ1) is 17.6. The normalized spacial score (nSPS) is 13.0. The first-order valence-corrected chi connectivity index (χ1v) is 7.89. The zero-order valence-electron chi connectivity index (χ0n) is 12.3. The van der Waals surface area contributed by atoms with E-state index in [1.54, 1.807) is 19.1 Å². The van der Waals surface area contributed by atoms with Crippen LogP contribution in [0.4, 0.5) is 5.69 Å². The highest BCUT2D eigenvalue weighted by Crippen LogP contribution is 2.20. The third-order valence-corrected chi connectivity index (χ3v) is 4.60. The Hall–Kier alpha value is -1.48. The van der Waals surface area contributed by atoms with Gasteiger partial charge in [0.2, 0.25) is 15.9 Å². The van der Waals surface area contributed by atoms with E-state index >= 15 is 0 Å². The van der Waals surface area contributed by atoms with E-state index in [-0.39, 0.29) is 29.9 Å². The first-order valence-electron chi connectivity index (χ1n) is 6.41. The number of ether oxygens (including phenoxy) is 1. The van der Waals surface area contributed by atoms with E-state index in [0.29, 0.717) is 11.3 Å². The van der Waals surface area contributed by atoms with Crippen molar-refractivity contribution in [2.45, 2.75) is 24.3 Å². The van der Waals surface area contributed by atoms with Crippen molar-refractivity contribution in [1.29, 1.82) is 0 Å². The molecule has 0 aliphatic heterocycles. The summed E-state index contributed by atoms with van der Waals surface area (Å²) in [6.07, 6.45) is -0.259. The number of hydrogen-bond donors (Lipinski definition) is 3. The molecule has 118 valence electrons. The second-order valence-electron chi connectivity index (χ2n) is 4.53. The Morgan fingerprint density at radius 3 is 2.62 bits per heavy atom. The van der Waals surface area contributed by atoms with Crippen molar-refractivity contribution in [1.82, 2.24) is 4.72 Å². The summed E-state index contributed by atoms with van der Waals surface area (Å²) in [7, 11) is -0.747. The summed E-state index contributed by atoms with van der Waals surface area (Å²) in [5.41, 5.74) is 6.46. The number of carbonyl (C=O) groups is 1. The van der Waals surface area contributed by atoms with E-state index in [1.807, 2.05) is 0 Å². The molecule has 1 amide bonds. The number of sulfonamides is 1. The van der Waals surface area contributed by atoms with E-state index < -0.39 is 10.0 Å². The number of benzene rings is 1. The van der Waals surface area contributed by atoms with Crippen molar-refractivity contribution in [3.63, 3.8) is 0 Å². The van der Waals surface area contributed by atoms with E-state index in [1.165, 1.54) is 20.2 Å². The molecule has 1 aromatic rings. The molecule has 0 bridgehead atoms. The minimum absolute atomic E-state index is 0.106. The lowest BCUT2D eigenvalue weighted by Crippen LogP contribution is -2.28. The van der Waals surface area contributed by atoms with Gasteiger partial charge in [-0.3, -0.25) is 4.79 Å². The van der Waals surface area contributed by atoms with Gasteiger partial charge in [0.1, 0.15) is 0 Å². The highest BCUT2D eigenvalue weighted by molar-refractivity contribution is 7.89. The smallest absolute Gasteiger partial charge is 0.240 e. The number of aryl methyl sites for hydroxylation is 1. The van der Waals surface area contributed by atoms with Crippen LogP contribution in [0.15, 0.2) is 23.1 Å². The largest absolute Gasteiger partial charge is 0.380 e. The number of rotatable bonds is 7. The maximum atomic E-state index is 11.9. The van der Waals surface area contributed by atoms with Crippen molar-refractivity contribution in [3.8, 4) is 0 Å². The quantitative estimate of drug-likeness (QED) is 0.666. The number of hydrogen-bond acceptors (Lipinski definition) is 5. The molecule has 1 aromatic carbocycles. The summed E-state index contributed by atoms with van der Waals surface area (Å²) in [6, 6.07) is 4.70. The Labute approximate surface area is 124 Å². The maximum Gasteiger partial charge on any atom is 0.240 e. The number of amides is 1. The number of nitrogens with one attached hydrogen (secondary N) is 2. The Morgan fingerprint density at radius 2 is 2.10 bits per heavy atom. The van der Waals surface area contributed by atoms with E-state index in [0.717, 1.165) is 0 Å². The molecule has 0 saturated heterocycles. The summed E-state index contributed by atoms with van der Waals surface area (Å²) in [6.45, 7) is 1.92. The molecule has 0 aromatic heterocycles. The summed E-state index contributed by atoms with van der Waals surface area (Å²) >= 11 is 0. The molecule has 0 fully saturated rings. The van der Waals surface area contributed by atoms with Gasteiger partial charge in [-0.25, -0.2) is 13.1 Å². The number of nitrogens with two attached hydrogens (primary N) is 1. The van der Waals surface area contributed by atoms with Crippen LogP contribution in [-0.4, -0.2) is 41.1 Å². The molecule has 21 heavy (non-hydrogen) atoms. The van der Waals surface area contributed by atoms with Gasteiger partial charge in [0, 0.05) is 19.3 Å². The fourth-order valence-corrected chi connectivity index (χ4v) is 2.75. The van der Waals surface area contributed by atoms with Crippen molar-refractivity contribution in [3.05, 3.63) is 23.8 Å². The zero-order valence-corrected chi connectivity index (χ0v) is 13.2. The van der Waals surface area contributed by atoms with Crippen LogP contribution in [0, 0.1) is 6.92 Å². The summed E-state index contributed by atoms with van der Waals surface area (Å²) in [5.74, 6) is -0.288. The second kappa shape index (κ2) is 7.51. The fourth-order valence-electron chi connectivity index (χ4n) is 1.76. The van der Waals surface area contributed by atoms with Crippen LogP contribution in [0.2, 0.25) is 0 Å². The third kappa shape index (κ3) is 4.78. The van der Waals surface area contributed by atoms with Crippen LogP contribution in [0.3, 0.4) is 0 Å². The predicted molar refractivity (Wildman–Crippen MR) is 80.5 cm³/mol. The molecule has 0 aliphatic rings. The Morgan fingerprint density at radius 1 is 1.43 bits per heavy atom. The van der Waals surface area contributed by atoms with Crippen LogP contribution >= 0.6 is 0 Å². The van der Waals surface area contributed by atoms with Gasteiger partial charge in [-0.2, -0.15) is 0 Å². The van der Waals surface area contributed by atoms with Crippen LogP contribution in [-0.2, 0) is 19.6 Å². The molecule has 0 spiro atoms. The average Bonchev–Trinajstić information content (AvgIpc) is 2.46. The van der Waals surface area contributed by atoms with E-state index in [4.69, 9.17) is 10.5 Å². The molecule has 0 aliphatic carbocycles. The molecule has 7 nitrogen and oxygen atoms in total. The highest BCUT2D eigenvalue weighted by atomic mass is 32.2. The molecule has 0 saturated carbocycles. The third-order valence-electron chi connectivity index (χ3n) is 3.04. The molecule has 1 unspecified atom stereocenters. The standard InChI is InChI=1S/C13H21N3O4S/c1-9-4-5-10(6-12(9)21(18,19)15-2)16-13(17)7-11(8-14)20-3/h4-6,11,15H,7-8,14H2,1-3H3,(H,16,17). The van der Waals surface area contributed by atoms with Gasteiger partial charge in [-0.1, -0.05) is 6.07 Å². The zero-order chi connectivity index (χ0) is 16.0. The van der Waals surface area contributed by atoms with Crippen LogP contribution < -0.4 is 15.8 Å². The lowest BCUT2D eigenvalue weighted by molar-refractivity contribution is -0.118. The lowest BCUT2D eigenvalue weighted by atomic mass is 10.2. The lowest BCUT2D eigenvalue weighted by Gasteiger charge is -2.14. The molecule has 0 radical (unpaired) electrons. The van der Waals surface area contributed by atoms with Gasteiger partial charge in [-0.15, -0.1) is 0 Å². The van der Waals surface area contributed by atoms with Gasteiger partial charge < -0.3 is 15.8 Å².